The molecule has 0 radical (unpaired) electrons. The van der Waals surface area contributed by atoms with E-state index in [2.05, 4.69) is 97.9 Å². The molecule has 3 rings (SSSR count). The summed E-state index contributed by atoms with van der Waals surface area (Å²) in [5, 5.41) is 14.6. The summed E-state index contributed by atoms with van der Waals surface area (Å²) in [6.07, 6.45) is 1.24. The minimum absolute atomic E-state index is 0.307. The van der Waals surface area contributed by atoms with E-state index in [4.69, 9.17) is 0 Å². The van der Waals surface area contributed by atoms with Gasteiger partial charge in [-0.2, -0.15) is 0 Å². The Hall–Kier alpha value is -1.95. The van der Waals surface area contributed by atoms with E-state index < -0.39 is 7.26 Å². The number of benzene rings is 3. The molecule has 0 bridgehead atoms. The van der Waals surface area contributed by atoms with Crippen LogP contribution in [0.1, 0.15) is 13.3 Å². The van der Waals surface area contributed by atoms with Crippen LogP contribution in [-0.4, -0.2) is 17.4 Å². The highest BCUT2D eigenvalue weighted by atomic mass is 31.2. The van der Waals surface area contributed by atoms with Gasteiger partial charge in [0.05, 0.1) is 12.3 Å². The molecule has 0 heterocycles. The van der Waals surface area contributed by atoms with E-state index in [0.717, 1.165) is 12.6 Å². The van der Waals surface area contributed by atoms with Gasteiger partial charge in [-0.25, -0.2) is 0 Å². The van der Waals surface area contributed by atoms with Crippen LogP contribution >= 0.6 is 7.26 Å². The smallest absolute Gasteiger partial charge is 0.114 e. The highest BCUT2D eigenvalue weighted by molar-refractivity contribution is 7.95. The van der Waals surface area contributed by atoms with E-state index in [1.807, 2.05) is 0 Å². The van der Waals surface area contributed by atoms with E-state index in [9.17, 15) is 5.11 Å². The SMILES string of the molecule is CC[C@@H](O)C[P+](c1ccccc1)(c1ccccc1)c1ccccc1. The molecule has 3 aromatic carbocycles. The number of hydrogen-bond donors (Lipinski definition) is 1. The largest absolute Gasteiger partial charge is 0.389 e. The molecular formula is C22H24OP+. The molecule has 0 aliphatic heterocycles. The summed E-state index contributed by atoms with van der Waals surface area (Å²) in [4.78, 5) is 0. The maximum Gasteiger partial charge on any atom is 0.114 e. The van der Waals surface area contributed by atoms with Crippen molar-refractivity contribution in [2.45, 2.75) is 19.4 Å². The van der Waals surface area contributed by atoms with E-state index >= 15 is 0 Å². The average Bonchev–Trinajstić information content (AvgIpc) is 2.68. The van der Waals surface area contributed by atoms with Gasteiger partial charge in [-0.15, -0.1) is 0 Å². The van der Waals surface area contributed by atoms with Crippen LogP contribution in [0.5, 0.6) is 0 Å². The van der Waals surface area contributed by atoms with Crippen LogP contribution in [0.15, 0.2) is 91.0 Å². The Morgan fingerprint density at radius 2 is 1.00 bits per heavy atom. The summed E-state index contributed by atoms with van der Waals surface area (Å²) in [5.41, 5.74) is 0. The maximum atomic E-state index is 10.6. The van der Waals surface area contributed by atoms with Crippen LogP contribution in [0, 0.1) is 0 Å². The Balaban J connectivity index is 2.28. The third-order valence-electron chi connectivity index (χ3n) is 4.55. The van der Waals surface area contributed by atoms with Crippen LogP contribution in [0.2, 0.25) is 0 Å². The van der Waals surface area contributed by atoms with Gasteiger partial charge in [0.2, 0.25) is 0 Å². The predicted octanol–water partition coefficient (Wildman–Crippen LogP) is 3.75. The number of hydrogen-bond acceptors (Lipinski definition) is 1. The zero-order valence-corrected chi connectivity index (χ0v) is 14.9. The fraction of sp³-hybridized carbons (Fsp3) is 0.182. The lowest BCUT2D eigenvalue weighted by Crippen LogP contribution is -2.36. The van der Waals surface area contributed by atoms with Crippen molar-refractivity contribution in [3.8, 4) is 0 Å². The second-order valence-electron chi connectivity index (χ2n) is 6.06. The van der Waals surface area contributed by atoms with Crippen LogP contribution in [0.3, 0.4) is 0 Å². The molecule has 0 spiro atoms. The summed E-state index contributed by atoms with van der Waals surface area (Å²) in [6, 6.07) is 32.1. The minimum Gasteiger partial charge on any atom is -0.389 e. The Kier molecular flexibility index (Phi) is 5.45. The standard InChI is InChI=1S/C22H24OP/c1-2-19(23)18-24(20-12-6-3-7-13-20,21-14-8-4-9-15-21)22-16-10-5-11-17-22/h3-17,19,23H,2,18H2,1H3/q+1/t19-/m1/s1. The highest BCUT2D eigenvalue weighted by Gasteiger charge is 2.46. The van der Waals surface area contributed by atoms with Gasteiger partial charge in [0.15, 0.2) is 0 Å². The van der Waals surface area contributed by atoms with Crippen molar-refractivity contribution in [1.82, 2.24) is 0 Å². The fourth-order valence-corrected chi connectivity index (χ4v) is 7.72. The Morgan fingerprint density at radius 1 is 0.667 bits per heavy atom. The molecule has 0 amide bonds. The van der Waals surface area contributed by atoms with Gasteiger partial charge >= 0.3 is 0 Å². The van der Waals surface area contributed by atoms with Gasteiger partial charge in [0, 0.05) is 0 Å². The van der Waals surface area contributed by atoms with E-state index in [-0.39, 0.29) is 6.10 Å². The first-order valence-corrected chi connectivity index (χ1v) is 10.5. The zero-order valence-electron chi connectivity index (χ0n) is 14.0. The molecule has 0 saturated carbocycles. The maximum absolute atomic E-state index is 10.6. The summed E-state index contributed by atoms with van der Waals surface area (Å²) in [7, 11) is -1.88. The van der Waals surface area contributed by atoms with Gasteiger partial charge in [-0.1, -0.05) is 61.5 Å². The molecule has 122 valence electrons. The average molecular weight is 335 g/mol. The molecule has 0 fully saturated rings. The van der Waals surface area contributed by atoms with E-state index in [1.165, 1.54) is 15.9 Å². The van der Waals surface area contributed by atoms with Gasteiger partial charge in [-0.05, 0) is 42.8 Å². The lowest BCUT2D eigenvalue weighted by Gasteiger charge is -2.29. The van der Waals surface area contributed by atoms with Gasteiger partial charge in [-0.3, -0.25) is 0 Å². The van der Waals surface area contributed by atoms with E-state index in [1.54, 1.807) is 0 Å². The molecule has 1 nitrogen and oxygen atoms in total. The molecule has 1 atom stereocenters. The van der Waals surface area contributed by atoms with Crippen LogP contribution in [-0.2, 0) is 0 Å². The quantitative estimate of drug-likeness (QED) is 0.680. The van der Waals surface area contributed by atoms with Crippen molar-refractivity contribution >= 4 is 23.2 Å². The van der Waals surface area contributed by atoms with Crippen molar-refractivity contribution < 1.29 is 5.11 Å². The fourth-order valence-electron chi connectivity index (χ4n) is 3.26. The normalized spacial score (nSPS) is 12.8. The molecule has 0 aliphatic carbocycles. The second-order valence-corrected chi connectivity index (χ2v) is 9.59. The molecular weight excluding hydrogens is 311 g/mol. The van der Waals surface area contributed by atoms with Gasteiger partial charge < -0.3 is 5.11 Å². The molecule has 0 aliphatic rings. The summed E-state index contributed by atoms with van der Waals surface area (Å²) >= 11 is 0. The lowest BCUT2D eigenvalue weighted by molar-refractivity contribution is 0.194. The zero-order chi connectivity index (χ0) is 16.8. The van der Waals surface area contributed by atoms with Crippen molar-refractivity contribution in [3.05, 3.63) is 91.0 Å². The van der Waals surface area contributed by atoms with Crippen LogP contribution in [0.4, 0.5) is 0 Å². The highest BCUT2D eigenvalue weighted by Crippen LogP contribution is 2.55. The number of aliphatic hydroxyl groups excluding tert-OH is 1. The molecule has 0 aromatic heterocycles. The molecule has 0 unspecified atom stereocenters. The van der Waals surface area contributed by atoms with Gasteiger partial charge in [0.25, 0.3) is 0 Å². The molecule has 3 aromatic rings. The predicted molar refractivity (Wildman–Crippen MR) is 106 cm³/mol. The van der Waals surface area contributed by atoms with Crippen molar-refractivity contribution in [1.29, 1.82) is 0 Å². The number of rotatable bonds is 6. The molecule has 24 heavy (non-hydrogen) atoms. The number of aliphatic hydroxyl groups is 1. The van der Waals surface area contributed by atoms with Crippen molar-refractivity contribution in [3.63, 3.8) is 0 Å². The summed E-state index contributed by atoms with van der Waals surface area (Å²) in [6.45, 7) is 2.06. The first kappa shape index (κ1) is 16.9. The third kappa shape index (κ3) is 3.29. The Bertz CT molecular complexity index is 644. The topological polar surface area (TPSA) is 20.2 Å². The monoisotopic (exact) mass is 335 g/mol. The summed E-state index contributed by atoms with van der Waals surface area (Å²) in [5.74, 6) is 0. The first-order chi connectivity index (χ1) is 11.8. The molecule has 1 N–H and O–H groups in total. The second kappa shape index (κ2) is 7.75. The first-order valence-electron chi connectivity index (χ1n) is 8.50. The van der Waals surface area contributed by atoms with Gasteiger partial charge in [0.1, 0.15) is 23.2 Å². The molecule has 2 heteroatoms. The van der Waals surface area contributed by atoms with Crippen molar-refractivity contribution in [2.24, 2.45) is 0 Å². The van der Waals surface area contributed by atoms with Crippen molar-refractivity contribution in [2.75, 3.05) is 6.16 Å². The van der Waals surface area contributed by atoms with Crippen LogP contribution < -0.4 is 15.9 Å². The Labute approximate surface area is 145 Å². The Morgan fingerprint density at radius 3 is 1.29 bits per heavy atom. The minimum atomic E-state index is -1.88. The lowest BCUT2D eigenvalue weighted by atomic mass is 10.3. The molecule has 0 saturated heterocycles. The van der Waals surface area contributed by atoms with Crippen LogP contribution in [0.25, 0.3) is 0 Å². The third-order valence-corrected chi connectivity index (χ3v) is 9.06. The summed E-state index contributed by atoms with van der Waals surface area (Å²) < 4.78 is 0. The van der Waals surface area contributed by atoms with E-state index in [0.29, 0.717) is 0 Å².